The van der Waals surface area contributed by atoms with Crippen LogP contribution in [-0.2, 0) is 9.53 Å². The molecule has 0 spiro atoms. The monoisotopic (exact) mass is 445 g/mol. The van der Waals surface area contributed by atoms with Crippen LogP contribution in [0.15, 0.2) is 12.1 Å². The van der Waals surface area contributed by atoms with Crippen molar-refractivity contribution in [2.45, 2.75) is 58.2 Å². The predicted molar refractivity (Wildman–Crippen MR) is 113 cm³/mol. The van der Waals surface area contributed by atoms with Crippen molar-refractivity contribution in [3.63, 3.8) is 0 Å². The van der Waals surface area contributed by atoms with Gasteiger partial charge >= 0.3 is 6.09 Å². The number of ether oxygens (including phenoxy) is 1. The smallest absolute Gasteiger partial charge is 0.408 e. The number of halogens is 2. The number of nitrogens with zero attached hydrogens (tertiary/aromatic N) is 1. The molecule has 0 aliphatic carbocycles. The van der Waals surface area contributed by atoms with Gasteiger partial charge in [0.1, 0.15) is 17.4 Å². The van der Waals surface area contributed by atoms with Gasteiger partial charge in [-0.1, -0.05) is 23.2 Å². The Labute approximate surface area is 181 Å². The predicted octanol–water partition coefficient (Wildman–Crippen LogP) is 3.85. The largest absolute Gasteiger partial charge is 0.508 e. The first-order valence-corrected chi connectivity index (χ1v) is 10.4. The highest BCUT2D eigenvalue weighted by Gasteiger charge is 2.31. The van der Waals surface area contributed by atoms with E-state index in [1.165, 1.54) is 6.07 Å². The fourth-order valence-corrected chi connectivity index (χ4v) is 3.70. The van der Waals surface area contributed by atoms with Crippen LogP contribution >= 0.6 is 23.2 Å². The molecule has 1 aliphatic rings. The first kappa shape index (κ1) is 23.6. The minimum Gasteiger partial charge on any atom is -0.508 e. The van der Waals surface area contributed by atoms with Crippen molar-refractivity contribution >= 4 is 35.2 Å². The fourth-order valence-electron chi connectivity index (χ4n) is 3.37. The fraction of sp³-hybridized carbons (Fsp3) is 0.600. The Hall–Kier alpha value is -1.70. The minimum atomic E-state index is -0.686. The van der Waals surface area contributed by atoms with Crippen molar-refractivity contribution in [2.24, 2.45) is 11.7 Å². The summed E-state index contributed by atoms with van der Waals surface area (Å²) in [7, 11) is 0. The molecular formula is C20H29Cl2N3O4. The molecule has 162 valence electrons. The van der Waals surface area contributed by atoms with E-state index < -0.39 is 23.8 Å². The third-order valence-electron chi connectivity index (χ3n) is 4.89. The summed E-state index contributed by atoms with van der Waals surface area (Å²) in [4.78, 5) is 26.2. The summed E-state index contributed by atoms with van der Waals surface area (Å²) in [6, 6.07) is 1.88. The van der Waals surface area contributed by atoms with E-state index in [4.69, 9.17) is 33.7 Å². The molecule has 0 bridgehead atoms. The van der Waals surface area contributed by atoms with Crippen LogP contribution in [-0.4, -0.2) is 46.7 Å². The average Bonchev–Trinajstić information content (AvgIpc) is 2.62. The normalized spacial score (nSPS) is 17.6. The Morgan fingerprint density at radius 2 is 1.79 bits per heavy atom. The lowest BCUT2D eigenvalue weighted by Crippen LogP contribution is -2.50. The molecular weight excluding hydrogens is 417 g/mol. The lowest BCUT2D eigenvalue weighted by molar-refractivity contribution is -0.134. The summed E-state index contributed by atoms with van der Waals surface area (Å²) in [5.74, 6) is -0.0721. The second-order valence-corrected chi connectivity index (χ2v) is 9.20. The molecule has 29 heavy (non-hydrogen) atoms. The van der Waals surface area contributed by atoms with Crippen LogP contribution in [0.1, 0.15) is 52.1 Å². The molecule has 1 aromatic carbocycles. The number of phenols is 1. The summed E-state index contributed by atoms with van der Waals surface area (Å²) in [6.45, 7) is 7.95. The number of amides is 2. The van der Waals surface area contributed by atoms with Gasteiger partial charge in [-0.15, -0.1) is 0 Å². The third kappa shape index (κ3) is 6.39. The van der Waals surface area contributed by atoms with E-state index in [0.29, 0.717) is 36.5 Å². The Morgan fingerprint density at radius 1 is 1.24 bits per heavy atom. The van der Waals surface area contributed by atoms with Gasteiger partial charge in [0.25, 0.3) is 0 Å². The Morgan fingerprint density at radius 3 is 2.34 bits per heavy atom. The van der Waals surface area contributed by atoms with E-state index in [-0.39, 0.29) is 22.6 Å². The number of benzene rings is 1. The summed E-state index contributed by atoms with van der Waals surface area (Å²) >= 11 is 12.0. The van der Waals surface area contributed by atoms with E-state index in [2.05, 4.69) is 5.32 Å². The lowest BCUT2D eigenvalue weighted by atomic mass is 9.85. The maximum absolute atomic E-state index is 12.6. The van der Waals surface area contributed by atoms with Crippen LogP contribution in [0, 0.1) is 5.92 Å². The zero-order chi connectivity index (χ0) is 21.9. The topological polar surface area (TPSA) is 105 Å². The van der Waals surface area contributed by atoms with Gasteiger partial charge in [0.15, 0.2) is 0 Å². The Kier molecular flexibility index (Phi) is 7.65. The van der Waals surface area contributed by atoms with Gasteiger partial charge in [0.2, 0.25) is 5.91 Å². The number of hydrogen-bond donors (Lipinski definition) is 3. The minimum absolute atomic E-state index is 0.0144. The number of carbonyl (C=O) groups excluding carboxylic acids is 2. The van der Waals surface area contributed by atoms with Crippen molar-refractivity contribution in [1.82, 2.24) is 10.2 Å². The second kappa shape index (κ2) is 9.41. The van der Waals surface area contributed by atoms with Crippen LogP contribution in [0.2, 0.25) is 10.0 Å². The highest BCUT2D eigenvalue weighted by Crippen LogP contribution is 2.37. The zero-order valence-corrected chi connectivity index (χ0v) is 18.7. The number of likely N-dealkylation sites (tertiary alicyclic amines) is 1. The summed E-state index contributed by atoms with van der Waals surface area (Å²) in [5.41, 5.74) is 6.27. The van der Waals surface area contributed by atoms with Gasteiger partial charge in [-0.05, 0) is 52.5 Å². The molecule has 1 unspecified atom stereocenters. The molecule has 0 aromatic heterocycles. The quantitative estimate of drug-likeness (QED) is 0.652. The molecule has 1 saturated heterocycles. The van der Waals surface area contributed by atoms with Crippen molar-refractivity contribution in [1.29, 1.82) is 0 Å². The zero-order valence-electron chi connectivity index (χ0n) is 17.2. The Balaban J connectivity index is 1.92. The van der Waals surface area contributed by atoms with Crippen LogP contribution in [0.5, 0.6) is 5.75 Å². The number of nitrogens with one attached hydrogen (secondary N) is 1. The molecule has 1 aromatic rings. The van der Waals surface area contributed by atoms with Gasteiger partial charge in [-0.25, -0.2) is 4.79 Å². The number of nitrogens with two attached hydrogens (primary N) is 1. The van der Waals surface area contributed by atoms with Crippen molar-refractivity contribution in [3.05, 3.63) is 27.7 Å². The maximum atomic E-state index is 12.6. The highest BCUT2D eigenvalue weighted by molar-refractivity contribution is 6.42. The van der Waals surface area contributed by atoms with E-state index in [9.17, 15) is 14.7 Å². The van der Waals surface area contributed by atoms with E-state index in [0.717, 1.165) is 0 Å². The molecule has 2 rings (SSSR count). The van der Waals surface area contributed by atoms with E-state index in [1.807, 2.05) is 0 Å². The first-order valence-electron chi connectivity index (χ1n) is 9.61. The van der Waals surface area contributed by atoms with Crippen LogP contribution in [0.3, 0.4) is 0 Å². The molecule has 2 atom stereocenters. The van der Waals surface area contributed by atoms with Gasteiger partial charge in [0, 0.05) is 30.8 Å². The highest BCUT2D eigenvalue weighted by atomic mass is 35.5. The first-order chi connectivity index (χ1) is 13.4. The number of aromatic hydroxyl groups is 1. The van der Waals surface area contributed by atoms with E-state index >= 15 is 0 Å². The molecule has 9 heteroatoms. The summed E-state index contributed by atoms with van der Waals surface area (Å²) in [6.07, 6.45) is 0.725. The number of rotatable bonds is 4. The molecule has 7 nitrogen and oxygen atoms in total. The van der Waals surface area contributed by atoms with Crippen LogP contribution in [0.4, 0.5) is 4.79 Å². The van der Waals surface area contributed by atoms with Crippen molar-refractivity contribution < 1.29 is 19.4 Å². The standard InChI is InChI=1S/C20H29Cl2N3O4/c1-11(24-19(28)29-20(2,3)4)18(27)25-7-5-12(6-8-25)17(23)13-9-14(21)15(22)10-16(13)26/h9-12,17,26H,5-8,23H2,1-4H3,(H,24,28)/t11-,17?/m1/s1. The molecule has 0 saturated carbocycles. The summed E-state index contributed by atoms with van der Waals surface area (Å²) < 4.78 is 5.19. The van der Waals surface area contributed by atoms with Gasteiger partial charge < -0.3 is 25.8 Å². The van der Waals surface area contributed by atoms with Crippen LogP contribution in [0.25, 0.3) is 0 Å². The maximum Gasteiger partial charge on any atom is 0.408 e. The van der Waals surface area contributed by atoms with Gasteiger partial charge in [-0.2, -0.15) is 0 Å². The van der Waals surface area contributed by atoms with Crippen LogP contribution < -0.4 is 11.1 Å². The number of phenolic OH excluding ortho intramolecular Hbond substituents is 1. The second-order valence-electron chi connectivity index (χ2n) is 8.38. The van der Waals surface area contributed by atoms with Crippen molar-refractivity contribution in [2.75, 3.05) is 13.1 Å². The Bertz CT molecular complexity index is 759. The molecule has 0 radical (unpaired) electrons. The molecule has 4 N–H and O–H groups in total. The molecule has 1 heterocycles. The molecule has 1 aliphatic heterocycles. The molecule has 1 fully saturated rings. The summed E-state index contributed by atoms with van der Waals surface area (Å²) in [5, 5.41) is 13.3. The van der Waals surface area contributed by atoms with Gasteiger partial charge in [0.05, 0.1) is 10.0 Å². The SMILES string of the molecule is C[C@@H](NC(=O)OC(C)(C)C)C(=O)N1CCC(C(N)c2cc(Cl)c(Cl)cc2O)CC1. The number of hydrogen-bond acceptors (Lipinski definition) is 5. The number of alkyl carbamates (subject to hydrolysis) is 1. The lowest BCUT2D eigenvalue weighted by Gasteiger charge is -2.36. The number of piperidine rings is 1. The average molecular weight is 446 g/mol. The third-order valence-corrected chi connectivity index (χ3v) is 5.61. The van der Waals surface area contributed by atoms with E-state index in [1.54, 1.807) is 38.7 Å². The van der Waals surface area contributed by atoms with Crippen molar-refractivity contribution in [3.8, 4) is 5.75 Å². The van der Waals surface area contributed by atoms with Gasteiger partial charge in [-0.3, -0.25) is 4.79 Å². The number of carbonyl (C=O) groups is 2. The molecule has 2 amide bonds.